The van der Waals surface area contributed by atoms with Crippen molar-refractivity contribution < 1.29 is 0 Å². The average molecular weight is 249 g/mol. The van der Waals surface area contributed by atoms with Crippen LogP contribution in [0.3, 0.4) is 0 Å². The van der Waals surface area contributed by atoms with Crippen LogP contribution in [-0.2, 0) is 6.42 Å². The van der Waals surface area contributed by atoms with Crippen molar-refractivity contribution in [3.8, 4) is 6.07 Å². The van der Waals surface area contributed by atoms with Gasteiger partial charge in [0.05, 0.1) is 12.5 Å². The summed E-state index contributed by atoms with van der Waals surface area (Å²) in [4.78, 5) is 0. The molecule has 0 heterocycles. The quantitative estimate of drug-likeness (QED) is 0.884. The Morgan fingerprint density at radius 1 is 1.59 bits per heavy atom. The molecule has 0 saturated heterocycles. The molecule has 2 atom stereocenters. The van der Waals surface area contributed by atoms with E-state index in [1.807, 2.05) is 6.07 Å². The normalized spacial score (nSPS) is 19.7. The Kier molecular flexibility index (Phi) is 4.04. The largest absolute Gasteiger partial charge is 0.306 e. The fourth-order valence-electron chi connectivity index (χ4n) is 2.48. The first-order chi connectivity index (χ1) is 8.24. The van der Waals surface area contributed by atoms with Gasteiger partial charge in [-0.25, -0.2) is 0 Å². The molecule has 0 saturated carbocycles. The van der Waals surface area contributed by atoms with Gasteiger partial charge >= 0.3 is 0 Å². The van der Waals surface area contributed by atoms with E-state index in [-0.39, 0.29) is 0 Å². The molecule has 1 N–H and O–H groups in total. The molecule has 0 fully saturated rings. The van der Waals surface area contributed by atoms with Gasteiger partial charge < -0.3 is 5.32 Å². The molecule has 0 aromatic heterocycles. The van der Waals surface area contributed by atoms with Gasteiger partial charge in [0.15, 0.2) is 0 Å². The Balaban J connectivity index is 2.09. The standard InChI is InChI=1S/C14H17ClN2/c1-2-12(7-8-16)17-14-6-3-10-9-11(15)4-5-13(10)14/h4-5,9,12,14,17H,2-3,6-7H2,1H3. The molecule has 1 aliphatic rings. The topological polar surface area (TPSA) is 35.8 Å². The lowest BCUT2D eigenvalue weighted by Gasteiger charge is -2.20. The van der Waals surface area contributed by atoms with Crippen molar-refractivity contribution >= 4 is 11.6 Å². The molecule has 2 nitrogen and oxygen atoms in total. The van der Waals surface area contributed by atoms with Gasteiger partial charge in [0.25, 0.3) is 0 Å². The Morgan fingerprint density at radius 3 is 3.12 bits per heavy atom. The second-order valence-electron chi connectivity index (χ2n) is 4.57. The van der Waals surface area contributed by atoms with E-state index in [4.69, 9.17) is 16.9 Å². The first kappa shape index (κ1) is 12.4. The molecule has 0 amide bonds. The molecular weight excluding hydrogens is 232 g/mol. The first-order valence-corrected chi connectivity index (χ1v) is 6.53. The number of halogens is 1. The molecule has 1 aromatic rings. The minimum atomic E-state index is 0.298. The van der Waals surface area contributed by atoms with Crippen LogP contribution in [0.15, 0.2) is 18.2 Å². The Morgan fingerprint density at radius 2 is 2.41 bits per heavy atom. The molecule has 0 spiro atoms. The van der Waals surface area contributed by atoms with Gasteiger partial charge in [-0.15, -0.1) is 0 Å². The molecule has 0 aliphatic heterocycles. The smallest absolute Gasteiger partial charge is 0.0638 e. The highest BCUT2D eigenvalue weighted by Crippen LogP contribution is 2.33. The Hall–Kier alpha value is -1.04. The highest BCUT2D eigenvalue weighted by Gasteiger charge is 2.24. The summed E-state index contributed by atoms with van der Waals surface area (Å²) in [5.41, 5.74) is 2.70. The number of nitriles is 1. The number of aryl methyl sites for hydroxylation is 1. The Bertz CT molecular complexity index is 436. The highest BCUT2D eigenvalue weighted by atomic mass is 35.5. The van der Waals surface area contributed by atoms with E-state index in [2.05, 4.69) is 30.4 Å². The maximum Gasteiger partial charge on any atom is 0.0638 e. The van der Waals surface area contributed by atoms with Crippen LogP contribution >= 0.6 is 11.6 Å². The predicted octanol–water partition coefficient (Wildman–Crippen LogP) is 3.61. The third-order valence-corrected chi connectivity index (χ3v) is 3.69. The molecule has 0 bridgehead atoms. The number of rotatable bonds is 4. The predicted molar refractivity (Wildman–Crippen MR) is 70.0 cm³/mol. The molecule has 3 heteroatoms. The number of nitrogens with zero attached hydrogens (tertiary/aromatic N) is 1. The van der Waals surface area contributed by atoms with E-state index < -0.39 is 0 Å². The van der Waals surface area contributed by atoms with E-state index in [0.717, 1.165) is 24.3 Å². The van der Waals surface area contributed by atoms with Gasteiger partial charge in [-0.1, -0.05) is 24.6 Å². The molecule has 90 valence electrons. The lowest BCUT2D eigenvalue weighted by Crippen LogP contribution is -2.31. The van der Waals surface area contributed by atoms with Crippen LogP contribution in [0.2, 0.25) is 5.02 Å². The minimum absolute atomic E-state index is 0.298. The summed E-state index contributed by atoms with van der Waals surface area (Å²) in [5, 5.41) is 13.2. The minimum Gasteiger partial charge on any atom is -0.306 e. The maximum absolute atomic E-state index is 8.77. The van der Waals surface area contributed by atoms with Crippen LogP contribution in [0, 0.1) is 11.3 Å². The van der Waals surface area contributed by atoms with Gasteiger partial charge in [-0.2, -0.15) is 5.26 Å². The van der Waals surface area contributed by atoms with E-state index in [1.165, 1.54) is 11.1 Å². The summed E-state index contributed by atoms with van der Waals surface area (Å²) in [5.74, 6) is 0. The lowest BCUT2D eigenvalue weighted by atomic mass is 10.1. The summed E-state index contributed by atoms with van der Waals surface area (Å²) in [6.45, 7) is 2.12. The summed E-state index contributed by atoms with van der Waals surface area (Å²) in [7, 11) is 0. The zero-order valence-corrected chi connectivity index (χ0v) is 10.8. The number of hydrogen-bond acceptors (Lipinski definition) is 2. The van der Waals surface area contributed by atoms with Crippen LogP contribution < -0.4 is 5.32 Å². The van der Waals surface area contributed by atoms with Gasteiger partial charge in [-0.3, -0.25) is 0 Å². The van der Waals surface area contributed by atoms with Crippen LogP contribution in [0.5, 0.6) is 0 Å². The summed E-state index contributed by atoms with van der Waals surface area (Å²) >= 11 is 5.99. The molecule has 0 radical (unpaired) electrons. The van der Waals surface area contributed by atoms with E-state index in [0.29, 0.717) is 18.5 Å². The first-order valence-electron chi connectivity index (χ1n) is 6.16. The summed E-state index contributed by atoms with van der Waals surface area (Å²) < 4.78 is 0. The molecule has 1 aromatic carbocycles. The van der Waals surface area contributed by atoms with Crippen molar-refractivity contribution in [2.45, 2.75) is 44.7 Å². The van der Waals surface area contributed by atoms with Crippen molar-refractivity contribution in [1.29, 1.82) is 5.26 Å². The second kappa shape index (κ2) is 5.53. The van der Waals surface area contributed by atoms with Crippen LogP contribution in [0.1, 0.15) is 43.4 Å². The van der Waals surface area contributed by atoms with Gasteiger partial charge in [-0.05, 0) is 42.5 Å². The highest BCUT2D eigenvalue weighted by molar-refractivity contribution is 6.30. The molecule has 17 heavy (non-hydrogen) atoms. The molecule has 2 unspecified atom stereocenters. The third-order valence-electron chi connectivity index (χ3n) is 3.45. The fourth-order valence-corrected chi connectivity index (χ4v) is 2.67. The van der Waals surface area contributed by atoms with Crippen molar-refractivity contribution in [2.24, 2.45) is 0 Å². The van der Waals surface area contributed by atoms with Gasteiger partial charge in [0, 0.05) is 17.1 Å². The third kappa shape index (κ3) is 2.80. The average Bonchev–Trinajstić information content (AvgIpc) is 2.71. The van der Waals surface area contributed by atoms with Crippen LogP contribution in [-0.4, -0.2) is 6.04 Å². The number of hydrogen-bond donors (Lipinski definition) is 1. The molecule has 2 rings (SSSR count). The maximum atomic E-state index is 8.77. The summed E-state index contributed by atoms with van der Waals surface area (Å²) in [6, 6.07) is 9.05. The number of benzene rings is 1. The van der Waals surface area contributed by atoms with Crippen LogP contribution in [0.25, 0.3) is 0 Å². The Labute approximate surface area is 108 Å². The lowest BCUT2D eigenvalue weighted by molar-refractivity contribution is 0.426. The summed E-state index contributed by atoms with van der Waals surface area (Å²) in [6.07, 6.45) is 3.76. The van der Waals surface area contributed by atoms with Crippen molar-refractivity contribution in [3.63, 3.8) is 0 Å². The molecular formula is C14H17ClN2. The second-order valence-corrected chi connectivity index (χ2v) is 5.00. The van der Waals surface area contributed by atoms with E-state index in [9.17, 15) is 0 Å². The van der Waals surface area contributed by atoms with E-state index in [1.54, 1.807) is 0 Å². The SMILES string of the molecule is CCC(CC#N)NC1CCc2cc(Cl)ccc21. The number of fused-ring (bicyclic) bond motifs is 1. The van der Waals surface area contributed by atoms with Crippen molar-refractivity contribution in [3.05, 3.63) is 34.3 Å². The monoisotopic (exact) mass is 248 g/mol. The number of nitrogens with one attached hydrogen (secondary N) is 1. The van der Waals surface area contributed by atoms with Crippen LogP contribution in [0.4, 0.5) is 0 Å². The fraction of sp³-hybridized carbons (Fsp3) is 0.500. The van der Waals surface area contributed by atoms with E-state index >= 15 is 0 Å². The zero-order valence-electron chi connectivity index (χ0n) is 10.0. The van der Waals surface area contributed by atoms with Gasteiger partial charge in [0.2, 0.25) is 0 Å². The van der Waals surface area contributed by atoms with Gasteiger partial charge in [0.1, 0.15) is 0 Å². The van der Waals surface area contributed by atoms with Crippen molar-refractivity contribution in [2.75, 3.05) is 0 Å². The zero-order chi connectivity index (χ0) is 12.3. The van der Waals surface area contributed by atoms with Crippen molar-refractivity contribution in [1.82, 2.24) is 5.32 Å². The molecule has 1 aliphatic carbocycles.